The molecule has 1 aromatic heterocycles. The van der Waals surface area contributed by atoms with Crippen LogP contribution in [0.1, 0.15) is 58.5 Å². The fraction of sp³-hybridized carbons (Fsp3) is 0.267. The molecule has 0 saturated carbocycles. The molecule has 1 atom stereocenters. The van der Waals surface area contributed by atoms with Crippen LogP contribution in [0.25, 0.3) is 11.3 Å². The van der Waals surface area contributed by atoms with Crippen LogP contribution >= 0.6 is 0 Å². The quantitative estimate of drug-likeness (QED) is 0.286. The zero-order chi connectivity index (χ0) is 24.4. The van der Waals surface area contributed by atoms with Crippen LogP contribution in [0.4, 0.5) is 0 Å². The number of hydrogen-bond acceptors (Lipinski definition) is 3. The third kappa shape index (κ3) is 4.46. The molecule has 2 heterocycles. The molecule has 0 saturated heterocycles. The van der Waals surface area contributed by atoms with Crippen molar-refractivity contribution in [3.63, 3.8) is 0 Å². The number of amides is 1. The highest BCUT2D eigenvalue weighted by Gasteiger charge is 2.43. The Morgan fingerprint density at radius 3 is 2.34 bits per heavy atom. The molecule has 5 nitrogen and oxygen atoms in total. The van der Waals surface area contributed by atoms with E-state index in [-0.39, 0.29) is 11.9 Å². The summed E-state index contributed by atoms with van der Waals surface area (Å²) < 4.78 is 7.63. The molecule has 178 valence electrons. The van der Waals surface area contributed by atoms with Crippen molar-refractivity contribution in [3.05, 3.63) is 107 Å². The topological polar surface area (TPSA) is 47.4 Å². The van der Waals surface area contributed by atoms with E-state index in [1.807, 2.05) is 42.3 Å². The zero-order valence-electron chi connectivity index (χ0n) is 20.6. The van der Waals surface area contributed by atoms with Crippen molar-refractivity contribution in [1.29, 1.82) is 0 Å². The summed E-state index contributed by atoms with van der Waals surface area (Å²) in [5.74, 6) is 0.858. The fourth-order valence-corrected chi connectivity index (χ4v) is 4.76. The van der Waals surface area contributed by atoms with Crippen molar-refractivity contribution in [2.24, 2.45) is 7.05 Å². The maximum absolute atomic E-state index is 13.8. The largest absolute Gasteiger partial charge is 0.494 e. The number of benzene rings is 3. The average Bonchev–Trinajstić information content (AvgIpc) is 3.36. The van der Waals surface area contributed by atoms with Crippen LogP contribution in [0.3, 0.4) is 0 Å². The number of rotatable bonds is 8. The summed E-state index contributed by atoms with van der Waals surface area (Å²) in [5.41, 5.74) is 6.85. The summed E-state index contributed by atoms with van der Waals surface area (Å²) in [6, 6.07) is 26.5. The monoisotopic (exact) mass is 465 g/mol. The highest BCUT2D eigenvalue weighted by molar-refractivity contribution is 6.00. The zero-order valence-corrected chi connectivity index (χ0v) is 20.6. The lowest BCUT2D eigenvalue weighted by Crippen LogP contribution is -2.29. The molecule has 35 heavy (non-hydrogen) atoms. The maximum Gasteiger partial charge on any atom is 0.273 e. The smallest absolute Gasteiger partial charge is 0.273 e. The summed E-state index contributed by atoms with van der Waals surface area (Å²) in [7, 11) is 1.86. The van der Waals surface area contributed by atoms with E-state index in [0.29, 0.717) is 18.8 Å². The molecule has 0 aliphatic carbocycles. The summed E-state index contributed by atoms with van der Waals surface area (Å²) >= 11 is 0. The normalized spacial score (nSPS) is 14.9. The van der Waals surface area contributed by atoms with Crippen LogP contribution in [0.2, 0.25) is 0 Å². The summed E-state index contributed by atoms with van der Waals surface area (Å²) in [5, 5.41) is 4.81. The maximum atomic E-state index is 13.8. The molecule has 0 radical (unpaired) electrons. The minimum atomic E-state index is -0.229. The van der Waals surface area contributed by atoms with Gasteiger partial charge in [-0.15, -0.1) is 0 Å². The fourth-order valence-electron chi connectivity index (χ4n) is 4.76. The average molecular weight is 466 g/mol. The Labute approximate surface area is 207 Å². The molecule has 1 aliphatic rings. The lowest BCUT2D eigenvalue weighted by molar-refractivity contribution is 0.0726. The van der Waals surface area contributed by atoms with Gasteiger partial charge < -0.3 is 9.64 Å². The second-order valence-corrected chi connectivity index (χ2v) is 9.19. The number of nitrogens with zero attached hydrogens (tertiary/aromatic N) is 3. The van der Waals surface area contributed by atoms with Crippen molar-refractivity contribution >= 4 is 5.91 Å². The van der Waals surface area contributed by atoms with Crippen LogP contribution in [0.15, 0.2) is 78.9 Å². The van der Waals surface area contributed by atoms with Gasteiger partial charge in [-0.1, -0.05) is 85.6 Å². The molecule has 0 N–H and O–H groups in total. The highest BCUT2D eigenvalue weighted by Crippen LogP contribution is 2.44. The minimum absolute atomic E-state index is 0.00508. The van der Waals surface area contributed by atoms with Gasteiger partial charge >= 0.3 is 0 Å². The van der Waals surface area contributed by atoms with Gasteiger partial charge in [-0.3, -0.25) is 9.48 Å². The first-order chi connectivity index (χ1) is 17.1. The van der Waals surface area contributed by atoms with Gasteiger partial charge in [-0.25, -0.2) is 0 Å². The number of ether oxygens (including phenoxy) is 1. The first-order valence-corrected chi connectivity index (χ1v) is 12.3. The van der Waals surface area contributed by atoms with Gasteiger partial charge in [-0.05, 0) is 36.6 Å². The highest BCUT2D eigenvalue weighted by atomic mass is 16.5. The first-order valence-electron chi connectivity index (χ1n) is 12.3. The molecule has 0 bridgehead atoms. The van der Waals surface area contributed by atoms with Crippen LogP contribution in [0, 0.1) is 6.92 Å². The standard InChI is InChI=1S/C30H31N3O2/c1-4-5-19-35-25-17-15-24(16-18-25)28-26-27(23-13-11-21(2)12-14-23)31-32(3)29(26)30(34)33(28)20-22-9-7-6-8-10-22/h6-18,28H,4-5,19-20H2,1-3H3. The molecule has 4 aromatic rings. The van der Waals surface area contributed by atoms with Gasteiger partial charge in [0.2, 0.25) is 0 Å². The van der Waals surface area contributed by atoms with Crippen molar-refractivity contribution in [1.82, 2.24) is 14.7 Å². The SMILES string of the molecule is CCCCOc1ccc(C2c3c(-c4ccc(C)cc4)nn(C)c3C(=O)N2Cc2ccccc2)cc1. The predicted molar refractivity (Wildman–Crippen MR) is 138 cm³/mol. The molecule has 0 fully saturated rings. The van der Waals surface area contributed by atoms with Crippen LogP contribution in [0.5, 0.6) is 5.75 Å². The van der Waals surface area contributed by atoms with Gasteiger partial charge in [-0.2, -0.15) is 5.10 Å². The van der Waals surface area contributed by atoms with Gasteiger partial charge in [0, 0.05) is 24.7 Å². The molecule has 0 spiro atoms. The van der Waals surface area contributed by atoms with Gasteiger partial charge in [0.1, 0.15) is 11.4 Å². The van der Waals surface area contributed by atoms with E-state index in [2.05, 4.69) is 62.4 Å². The van der Waals surface area contributed by atoms with E-state index in [9.17, 15) is 4.79 Å². The van der Waals surface area contributed by atoms with Crippen molar-refractivity contribution in [3.8, 4) is 17.0 Å². The number of unbranched alkanes of at least 4 members (excludes halogenated alkanes) is 1. The molecular formula is C30H31N3O2. The van der Waals surface area contributed by atoms with E-state index in [1.54, 1.807) is 4.68 Å². The van der Waals surface area contributed by atoms with E-state index in [1.165, 1.54) is 5.56 Å². The third-order valence-corrected chi connectivity index (χ3v) is 6.62. The van der Waals surface area contributed by atoms with E-state index < -0.39 is 0 Å². The van der Waals surface area contributed by atoms with Crippen molar-refractivity contribution in [2.75, 3.05) is 6.61 Å². The molecule has 1 aliphatic heterocycles. The number of hydrogen-bond donors (Lipinski definition) is 0. The predicted octanol–water partition coefficient (Wildman–Crippen LogP) is 6.32. The number of fused-ring (bicyclic) bond motifs is 1. The Balaban J connectivity index is 1.59. The number of carbonyl (C=O) groups is 1. The van der Waals surface area contributed by atoms with Gasteiger partial charge in [0.15, 0.2) is 0 Å². The summed E-state index contributed by atoms with van der Waals surface area (Å²) in [4.78, 5) is 15.8. The Morgan fingerprint density at radius 2 is 1.66 bits per heavy atom. The van der Waals surface area contributed by atoms with Crippen LogP contribution in [-0.2, 0) is 13.6 Å². The second kappa shape index (κ2) is 9.79. The molecule has 5 heteroatoms. The van der Waals surface area contributed by atoms with Gasteiger partial charge in [0.25, 0.3) is 5.91 Å². The lowest BCUT2D eigenvalue weighted by atomic mass is 9.95. The van der Waals surface area contributed by atoms with Crippen molar-refractivity contribution in [2.45, 2.75) is 39.3 Å². The van der Waals surface area contributed by atoms with Crippen LogP contribution < -0.4 is 4.74 Å². The first kappa shape index (κ1) is 22.9. The lowest BCUT2D eigenvalue weighted by Gasteiger charge is -2.27. The van der Waals surface area contributed by atoms with Crippen molar-refractivity contribution < 1.29 is 9.53 Å². The van der Waals surface area contributed by atoms with E-state index in [4.69, 9.17) is 9.84 Å². The third-order valence-electron chi connectivity index (χ3n) is 6.62. The number of aryl methyl sites for hydroxylation is 2. The minimum Gasteiger partial charge on any atom is -0.494 e. The summed E-state index contributed by atoms with van der Waals surface area (Å²) in [6.07, 6.45) is 2.13. The Kier molecular flexibility index (Phi) is 6.41. The molecule has 1 unspecified atom stereocenters. The Hall–Kier alpha value is -3.86. The molecule has 1 amide bonds. The molecule has 3 aromatic carbocycles. The van der Waals surface area contributed by atoms with Gasteiger partial charge in [0.05, 0.1) is 18.3 Å². The number of aromatic nitrogens is 2. The Bertz CT molecular complexity index is 1310. The van der Waals surface area contributed by atoms with Crippen LogP contribution in [-0.4, -0.2) is 27.2 Å². The second-order valence-electron chi connectivity index (χ2n) is 9.19. The molecular weight excluding hydrogens is 434 g/mol. The van der Waals surface area contributed by atoms with E-state index in [0.717, 1.165) is 46.5 Å². The number of carbonyl (C=O) groups excluding carboxylic acids is 1. The summed E-state index contributed by atoms with van der Waals surface area (Å²) in [6.45, 7) is 5.47. The van der Waals surface area contributed by atoms with E-state index >= 15 is 0 Å². The Morgan fingerprint density at radius 1 is 0.943 bits per heavy atom. The molecule has 5 rings (SSSR count).